The lowest BCUT2D eigenvalue weighted by Crippen LogP contribution is -2.54. The molecule has 1 aliphatic heterocycles. The summed E-state index contributed by atoms with van der Waals surface area (Å²) in [5, 5.41) is 9.90. The Morgan fingerprint density at radius 3 is 2.70 bits per heavy atom. The highest BCUT2D eigenvalue weighted by Crippen LogP contribution is 2.13. The van der Waals surface area contributed by atoms with Crippen molar-refractivity contribution in [1.82, 2.24) is 9.80 Å². The van der Waals surface area contributed by atoms with Gasteiger partial charge in [0, 0.05) is 19.6 Å². The van der Waals surface area contributed by atoms with Gasteiger partial charge in [0.05, 0.1) is 6.54 Å². The molecule has 1 saturated heterocycles. The molecule has 0 bridgehead atoms. The molecule has 1 aromatic carbocycles. The highest BCUT2D eigenvalue weighted by Gasteiger charge is 2.30. The Morgan fingerprint density at radius 1 is 1.35 bits per heavy atom. The van der Waals surface area contributed by atoms with E-state index in [1.165, 1.54) is 17.0 Å². The van der Waals surface area contributed by atoms with Crippen molar-refractivity contribution in [3.05, 3.63) is 35.6 Å². The van der Waals surface area contributed by atoms with Crippen molar-refractivity contribution in [2.75, 3.05) is 19.6 Å². The zero-order valence-electron chi connectivity index (χ0n) is 13.5. The van der Waals surface area contributed by atoms with Crippen molar-refractivity contribution >= 4 is 11.8 Å². The van der Waals surface area contributed by atoms with Gasteiger partial charge in [0.25, 0.3) is 5.91 Å². The fourth-order valence-corrected chi connectivity index (χ4v) is 2.68. The van der Waals surface area contributed by atoms with Crippen LogP contribution in [0.2, 0.25) is 0 Å². The second kappa shape index (κ2) is 7.55. The highest BCUT2D eigenvalue weighted by molar-refractivity contribution is 5.88. The molecule has 1 aliphatic rings. The van der Waals surface area contributed by atoms with E-state index >= 15 is 0 Å². The number of amides is 2. The molecule has 1 atom stereocenters. The lowest BCUT2D eigenvalue weighted by Gasteiger charge is -2.35. The van der Waals surface area contributed by atoms with Crippen LogP contribution in [0.5, 0.6) is 0 Å². The third kappa shape index (κ3) is 4.76. The molecule has 1 fully saturated rings. The van der Waals surface area contributed by atoms with Gasteiger partial charge in [-0.25, -0.2) is 4.39 Å². The maximum absolute atomic E-state index is 13.2. The molecule has 126 valence electrons. The van der Waals surface area contributed by atoms with Gasteiger partial charge in [-0.05, 0) is 30.0 Å². The van der Waals surface area contributed by atoms with Gasteiger partial charge in [-0.2, -0.15) is 0 Å². The summed E-state index contributed by atoms with van der Waals surface area (Å²) in [5.74, 6) is -0.706. The molecule has 6 heteroatoms. The monoisotopic (exact) mass is 322 g/mol. The number of aliphatic hydroxyl groups is 1. The summed E-state index contributed by atoms with van der Waals surface area (Å²) < 4.78 is 13.2. The van der Waals surface area contributed by atoms with E-state index in [-0.39, 0.29) is 24.2 Å². The van der Waals surface area contributed by atoms with Gasteiger partial charge in [0.1, 0.15) is 11.9 Å². The minimum atomic E-state index is -1.06. The molecule has 0 aromatic heterocycles. The van der Waals surface area contributed by atoms with Gasteiger partial charge < -0.3 is 14.9 Å². The fourth-order valence-electron chi connectivity index (χ4n) is 2.68. The van der Waals surface area contributed by atoms with Crippen LogP contribution in [0.15, 0.2) is 24.3 Å². The summed E-state index contributed by atoms with van der Waals surface area (Å²) >= 11 is 0. The van der Waals surface area contributed by atoms with E-state index in [9.17, 15) is 19.1 Å². The normalized spacial score (nSPS) is 16.8. The molecule has 2 rings (SSSR count). The average molecular weight is 322 g/mol. The Balaban J connectivity index is 1.92. The predicted molar refractivity (Wildman–Crippen MR) is 83.9 cm³/mol. The van der Waals surface area contributed by atoms with Crippen molar-refractivity contribution in [2.24, 2.45) is 5.92 Å². The summed E-state index contributed by atoms with van der Waals surface area (Å²) in [6, 6.07) is 6.13. The van der Waals surface area contributed by atoms with E-state index < -0.39 is 12.0 Å². The van der Waals surface area contributed by atoms with Gasteiger partial charge >= 0.3 is 0 Å². The third-order valence-corrected chi connectivity index (χ3v) is 3.87. The molecular weight excluding hydrogens is 299 g/mol. The van der Waals surface area contributed by atoms with Crippen LogP contribution in [-0.2, 0) is 16.1 Å². The third-order valence-electron chi connectivity index (χ3n) is 3.87. The summed E-state index contributed by atoms with van der Waals surface area (Å²) in [6.45, 7) is 4.91. The molecule has 1 heterocycles. The smallest absolute Gasteiger partial charge is 0.251 e. The first-order chi connectivity index (χ1) is 10.9. The van der Waals surface area contributed by atoms with Gasteiger partial charge in [-0.15, -0.1) is 0 Å². The highest BCUT2D eigenvalue weighted by atomic mass is 19.1. The zero-order chi connectivity index (χ0) is 17.0. The summed E-state index contributed by atoms with van der Waals surface area (Å²) in [4.78, 5) is 27.3. The van der Waals surface area contributed by atoms with E-state index in [0.29, 0.717) is 26.1 Å². The summed E-state index contributed by atoms with van der Waals surface area (Å²) in [7, 11) is 0. The Hall–Kier alpha value is -1.95. The molecule has 0 saturated carbocycles. The largest absolute Gasteiger partial charge is 0.383 e. The van der Waals surface area contributed by atoms with Crippen LogP contribution >= 0.6 is 0 Å². The molecule has 2 amide bonds. The quantitative estimate of drug-likeness (QED) is 0.891. The lowest BCUT2D eigenvalue weighted by atomic mass is 10.0. The maximum atomic E-state index is 13.2. The first-order valence-corrected chi connectivity index (χ1v) is 7.86. The first-order valence-electron chi connectivity index (χ1n) is 7.86. The molecule has 1 unspecified atom stereocenters. The minimum Gasteiger partial charge on any atom is -0.383 e. The van der Waals surface area contributed by atoms with Crippen LogP contribution in [0.1, 0.15) is 25.8 Å². The number of rotatable bonds is 5. The van der Waals surface area contributed by atoms with E-state index in [0.717, 1.165) is 5.56 Å². The molecule has 5 nitrogen and oxygen atoms in total. The van der Waals surface area contributed by atoms with Gasteiger partial charge in [-0.1, -0.05) is 26.0 Å². The van der Waals surface area contributed by atoms with Crippen LogP contribution in [-0.4, -0.2) is 52.5 Å². The SMILES string of the molecule is CC(C)CC(O)C(=O)N1CCN(Cc2cccc(F)c2)C(=O)C1. The van der Waals surface area contributed by atoms with Crippen LogP contribution in [0.25, 0.3) is 0 Å². The zero-order valence-corrected chi connectivity index (χ0v) is 13.5. The van der Waals surface area contributed by atoms with E-state index in [4.69, 9.17) is 0 Å². The van der Waals surface area contributed by atoms with Gasteiger partial charge in [0.15, 0.2) is 0 Å². The van der Waals surface area contributed by atoms with E-state index in [1.807, 2.05) is 13.8 Å². The number of carbonyl (C=O) groups excluding carboxylic acids is 2. The number of benzene rings is 1. The average Bonchev–Trinajstić information content (AvgIpc) is 2.48. The number of halogens is 1. The fraction of sp³-hybridized carbons (Fsp3) is 0.529. The Kier molecular flexibility index (Phi) is 5.71. The van der Waals surface area contributed by atoms with Gasteiger partial charge in [0.2, 0.25) is 5.91 Å². The van der Waals surface area contributed by atoms with Crippen molar-refractivity contribution in [1.29, 1.82) is 0 Å². The van der Waals surface area contributed by atoms with Crippen molar-refractivity contribution in [3.8, 4) is 0 Å². The second-order valence-electron chi connectivity index (χ2n) is 6.35. The standard InChI is InChI=1S/C17H23FN2O3/c1-12(2)8-15(21)17(23)20-7-6-19(16(22)11-20)10-13-4-3-5-14(18)9-13/h3-5,9,12,15,21H,6-8,10-11H2,1-2H3. The van der Waals surface area contributed by atoms with Crippen molar-refractivity contribution < 1.29 is 19.1 Å². The number of hydrogen-bond donors (Lipinski definition) is 1. The molecule has 0 spiro atoms. The Morgan fingerprint density at radius 2 is 2.09 bits per heavy atom. The first kappa shape index (κ1) is 17.4. The van der Waals surface area contributed by atoms with Crippen LogP contribution in [0.3, 0.4) is 0 Å². The van der Waals surface area contributed by atoms with Gasteiger partial charge in [-0.3, -0.25) is 9.59 Å². The number of nitrogens with zero attached hydrogens (tertiary/aromatic N) is 2. The van der Waals surface area contributed by atoms with E-state index in [1.54, 1.807) is 17.0 Å². The van der Waals surface area contributed by atoms with Crippen molar-refractivity contribution in [2.45, 2.75) is 32.9 Å². The summed E-state index contributed by atoms with van der Waals surface area (Å²) in [6.07, 6.45) is -0.672. The predicted octanol–water partition coefficient (Wildman–Crippen LogP) is 1.40. The molecular formula is C17H23FN2O3. The lowest BCUT2D eigenvalue weighted by molar-refractivity contribution is -0.151. The second-order valence-corrected chi connectivity index (χ2v) is 6.35. The molecule has 0 radical (unpaired) electrons. The number of piperazine rings is 1. The molecule has 1 N–H and O–H groups in total. The summed E-state index contributed by atoms with van der Waals surface area (Å²) in [5.41, 5.74) is 0.720. The number of hydrogen-bond acceptors (Lipinski definition) is 3. The van der Waals surface area contributed by atoms with Crippen LogP contribution in [0, 0.1) is 11.7 Å². The minimum absolute atomic E-state index is 0.0384. The van der Waals surface area contributed by atoms with Crippen LogP contribution in [0.4, 0.5) is 4.39 Å². The molecule has 1 aromatic rings. The molecule has 23 heavy (non-hydrogen) atoms. The van der Waals surface area contributed by atoms with E-state index in [2.05, 4.69) is 0 Å². The Bertz CT molecular complexity index is 577. The number of carbonyl (C=O) groups is 2. The Labute approximate surface area is 135 Å². The van der Waals surface area contributed by atoms with Crippen molar-refractivity contribution in [3.63, 3.8) is 0 Å². The topological polar surface area (TPSA) is 60.9 Å². The maximum Gasteiger partial charge on any atom is 0.251 e. The van der Waals surface area contributed by atoms with Crippen LogP contribution < -0.4 is 0 Å². The number of aliphatic hydroxyl groups excluding tert-OH is 1. The molecule has 0 aliphatic carbocycles.